The molecule has 0 bridgehead atoms. The first-order chi connectivity index (χ1) is 17.4. The van der Waals surface area contributed by atoms with Crippen molar-refractivity contribution in [3.8, 4) is 22.3 Å². The van der Waals surface area contributed by atoms with E-state index in [-0.39, 0.29) is 0 Å². The predicted octanol–water partition coefficient (Wildman–Crippen LogP) is 9.62. The van der Waals surface area contributed by atoms with Gasteiger partial charge in [-0.2, -0.15) is 0 Å². The molecule has 0 saturated heterocycles. The molecule has 0 saturated carbocycles. The average molecular weight is 466 g/mol. The number of thiazole rings is 1. The molecule has 0 aliphatic heterocycles. The maximum absolute atomic E-state index is 4.14. The Labute approximate surface area is 209 Å². The molecule has 0 aliphatic rings. The molecule has 166 valence electrons. The maximum Gasteiger partial charge on any atom is 0.0812 e. The summed E-state index contributed by atoms with van der Waals surface area (Å²) in [6, 6.07) is 47.1. The largest absolute Gasteiger partial charge is 0.245 e. The van der Waals surface area contributed by atoms with Crippen LogP contribution >= 0.6 is 11.3 Å². The van der Waals surface area contributed by atoms with Gasteiger partial charge in [-0.1, -0.05) is 121 Å². The number of hydrogen-bond acceptors (Lipinski definition) is 2. The number of fused-ring (bicyclic) bond motifs is 3. The number of para-hydroxylation sites is 1. The van der Waals surface area contributed by atoms with Crippen LogP contribution in [0.1, 0.15) is 0 Å². The topological polar surface area (TPSA) is 12.9 Å². The summed E-state index contributed by atoms with van der Waals surface area (Å²) in [5, 5.41) is 5.21. The molecule has 6 aromatic carbocycles. The van der Waals surface area contributed by atoms with Gasteiger partial charge in [-0.3, -0.25) is 0 Å². The summed E-state index contributed by atoms with van der Waals surface area (Å²) in [4.78, 5) is 4.14. The van der Waals surface area contributed by atoms with Crippen LogP contribution in [0.2, 0.25) is 0 Å². The molecule has 1 aromatic heterocycles. The Hall–Kier alpha value is -4.27. The second-order valence-electron chi connectivity index (χ2n) is 8.39. The maximum atomic E-state index is 4.14. The van der Waals surface area contributed by atoms with Crippen molar-refractivity contribution >= 4 is 43.1 Å². The van der Waals surface area contributed by atoms with Gasteiger partial charge in [0.15, 0.2) is 0 Å². The molecule has 0 aliphatic carbocycles. The van der Waals surface area contributed by atoms with Crippen LogP contribution in [-0.4, -0.2) is 4.98 Å². The van der Waals surface area contributed by atoms with Crippen LogP contribution in [0.15, 0.2) is 139 Å². The van der Waals surface area contributed by atoms with Gasteiger partial charge < -0.3 is 0 Å². The highest BCUT2D eigenvalue weighted by molar-refractivity contribution is 7.16. The molecular weight excluding hydrogens is 442 g/mol. The Morgan fingerprint density at radius 3 is 1.26 bits per heavy atom. The number of nitrogens with zero attached hydrogens (tertiary/aromatic N) is 1. The van der Waals surface area contributed by atoms with Gasteiger partial charge in [0.2, 0.25) is 0 Å². The lowest BCUT2D eigenvalue weighted by atomic mass is 9.86. The van der Waals surface area contributed by atoms with Crippen molar-refractivity contribution in [3.63, 3.8) is 0 Å². The minimum Gasteiger partial charge on any atom is -0.245 e. The molecule has 2 heteroatoms. The van der Waals surface area contributed by atoms with Crippen LogP contribution in [-0.2, 0) is 0 Å². The Bertz CT molecular complexity index is 1550. The third-order valence-electron chi connectivity index (χ3n) is 6.29. The summed E-state index contributed by atoms with van der Waals surface area (Å²) in [6.07, 6.45) is 0. The summed E-state index contributed by atoms with van der Waals surface area (Å²) < 4.78 is 1.26. The third kappa shape index (κ3) is 4.09. The van der Waals surface area contributed by atoms with Crippen molar-refractivity contribution in [2.45, 2.75) is 0 Å². The molecule has 0 atom stereocenters. The van der Waals surface area contributed by atoms with Gasteiger partial charge in [-0.05, 0) is 55.9 Å². The molecule has 0 unspecified atom stereocenters. The van der Waals surface area contributed by atoms with Crippen molar-refractivity contribution < 1.29 is 0 Å². The van der Waals surface area contributed by atoms with Crippen molar-refractivity contribution in [3.05, 3.63) is 139 Å². The van der Waals surface area contributed by atoms with Gasteiger partial charge in [0.05, 0.1) is 15.7 Å². The fourth-order valence-electron chi connectivity index (χ4n) is 4.76. The van der Waals surface area contributed by atoms with E-state index in [1.807, 2.05) is 23.7 Å². The van der Waals surface area contributed by atoms with E-state index in [1.54, 1.807) is 11.3 Å². The fraction of sp³-hybridized carbons (Fsp3) is 0. The lowest BCUT2D eigenvalue weighted by molar-refractivity contribution is 1.50. The van der Waals surface area contributed by atoms with Gasteiger partial charge >= 0.3 is 0 Å². The van der Waals surface area contributed by atoms with E-state index < -0.39 is 0 Å². The summed E-state index contributed by atoms with van der Waals surface area (Å²) in [5.74, 6) is 0. The minimum absolute atomic E-state index is 1.10. The van der Waals surface area contributed by atoms with Crippen LogP contribution < -0.4 is 0 Å². The minimum atomic E-state index is 1.10. The first kappa shape index (κ1) is 21.3. The monoisotopic (exact) mass is 465 g/mol. The quantitative estimate of drug-likeness (QED) is 0.232. The highest BCUT2D eigenvalue weighted by Crippen LogP contribution is 2.43. The van der Waals surface area contributed by atoms with Crippen LogP contribution in [0.4, 0.5) is 0 Å². The van der Waals surface area contributed by atoms with Gasteiger partial charge in [0.25, 0.3) is 0 Å². The molecule has 0 fully saturated rings. The lowest BCUT2D eigenvalue weighted by Gasteiger charge is -2.17. The first-order valence-corrected chi connectivity index (χ1v) is 12.6. The summed E-state index contributed by atoms with van der Waals surface area (Å²) in [6.45, 7) is 0. The van der Waals surface area contributed by atoms with E-state index in [4.69, 9.17) is 0 Å². The summed E-state index contributed by atoms with van der Waals surface area (Å²) in [7, 11) is 0. The summed E-state index contributed by atoms with van der Waals surface area (Å²) >= 11 is 1.68. The van der Waals surface area contributed by atoms with E-state index in [0.29, 0.717) is 0 Å². The van der Waals surface area contributed by atoms with Gasteiger partial charge in [0.1, 0.15) is 0 Å². The molecule has 7 aromatic rings. The van der Waals surface area contributed by atoms with Crippen LogP contribution in [0.25, 0.3) is 54.0 Å². The summed E-state index contributed by atoms with van der Waals surface area (Å²) in [5.41, 5.74) is 8.12. The zero-order valence-corrected chi connectivity index (χ0v) is 20.0. The highest BCUT2D eigenvalue weighted by Gasteiger charge is 2.15. The lowest BCUT2D eigenvalue weighted by Crippen LogP contribution is -1.90. The second-order valence-corrected chi connectivity index (χ2v) is 9.28. The van der Waals surface area contributed by atoms with Crippen molar-refractivity contribution in [1.29, 1.82) is 0 Å². The predicted molar refractivity (Wildman–Crippen MR) is 152 cm³/mol. The molecule has 0 N–H and O–H groups in total. The number of benzene rings is 6. The Morgan fingerprint density at radius 1 is 0.400 bits per heavy atom. The van der Waals surface area contributed by atoms with E-state index in [1.165, 1.54) is 48.5 Å². The molecule has 1 nitrogen and oxygen atoms in total. The van der Waals surface area contributed by atoms with Crippen LogP contribution in [0, 0.1) is 0 Å². The van der Waals surface area contributed by atoms with Crippen molar-refractivity contribution in [1.82, 2.24) is 4.98 Å². The van der Waals surface area contributed by atoms with E-state index in [9.17, 15) is 0 Å². The van der Waals surface area contributed by atoms with Gasteiger partial charge in [-0.15, -0.1) is 11.3 Å². The Morgan fingerprint density at radius 2 is 0.800 bits per heavy atom. The molecule has 0 amide bonds. The SMILES string of the molecule is c1ccc(-c2c3ccccc3c(-c3ccccc3)c3ccccc23)cc1.c1ccc2scnc2c1. The zero-order chi connectivity index (χ0) is 23.5. The molecule has 1 heterocycles. The van der Waals surface area contributed by atoms with Gasteiger partial charge in [-0.25, -0.2) is 4.98 Å². The van der Waals surface area contributed by atoms with Crippen LogP contribution in [0.3, 0.4) is 0 Å². The van der Waals surface area contributed by atoms with E-state index >= 15 is 0 Å². The molecular formula is C33H23NS. The normalized spacial score (nSPS) is 10.9. The molecule has 7 rings (SSSR count). The first-order valence-electron chi connectivity index (χ1n) is 11.7. The highest BCUT2D eigenvalue weighted by atomic mass is 32.1. The standard InChI is InChI=1S/C26H18.C7H5NS/c1-3-11-19(12-4-1)25-21-15-7-9-17-23(21)26(20-13-5-2-6-14-20)24-18-10-8-16-22(24)25;1-2-4-7-6(3-1)8-5-9-7/h1-18H;1-5H. The van der Waals surface area contributed by atoms with E-state index in [0.717, 1.165) is 5.52 Å². The van der Waals surface area contributed by atoms with Crippen molar-refractivity contribution in [2.75, 3.05) is 0 Å². The number of hydrogen-bond donors (Lipinski definition) is 0. The van der Waals surface area contributed by atoms with Gasteiger partial charge in [0, 0.05) is 0 Å². The zero-order valence-electron chi connectivity index (χ0n) is 19.1. The second kappa shape index (κ2) is 9.54. The Kier molecular flexibility index (Phi) is 5.80. The van der Waals surface area contributed by atoms with E-state index in [2.05, 4.69) is 120 Å². The Balaban J connectivity index is 0.000000212. The smallest absolute Gasteiger partial charge is 0.0812 e. The molecule has 35 heavy (non-hydrogen) atoms. The molecule has 0 spiro atoms. The average Bonchev–Trinajstić information content (AvgIpc) is 3.42. The number of aromatic nitrogens is 1. The molecule has 0 radical (unpaired) electrons. The van der Waals surface area contributed by atoms with Crippen molar-refractivity contribution in [2.24, 2.45) is 0 Å². The fourth-order valence-corrected chi connectivity index (χ4v) is 5.44. The third-order valence-corrected chi connectivity index (χ3v) is 7.10. The van der Waals surface area contributed by atoms with Crippen LogP contribution in [0.5, 0.6) is 0 Å². The number of rotatable bonds is 2.